The number of rotatable bonds is 5. The van der Waals surface area contributed by atoms with Crippen molar-refractivity contribution in [1.29, 1.82) is 0 Å². The lowest BCUT2D eigenvalue weighted by atomic mass is 10.0. The minimum absolute atomic E-state index is 0.171. The highest BCUT2D eigenvalue weighted by Gasteiger charge is 2.28. The van der Waals surface area contributed by atoms with Crippen LogP contribution in [0.3, 0.4) is 0 Å². The summed E-state index contributed by atoms with van der Waals surface area (Å²) in [4.78, 5) is 20.8. The molecule has 0 bridgehead atoms. The summed E-state index contributed by atoms with van der Waals surface area (Å²) in [5, 5.41) is 10.5. The Morgan fingerprint density at radius 1 is 1.29 bits per heavy atom. The number of carbonyl (C=O) groups is 1. The molecule has 28 heavy (non-hydrogen) atoms. The van der Waals surface area contributed by atoms with Crippen LogP contribution in [-0.2, 0) is 6.42 Å². The van der Waals surface area contributed by atoms with Gasteiger partial charge < -0.3 is 10.1 Å². The first-order chi connectivity index (χ1) is 13.7. The monoisotopic (exact) mass is 395 g/mol. The van der Waals surface area contributed by atoms with Crippen LogP contribution < -0.4 is 10.1 Å². The van der Waals surface area contributed by atoms with Crippen LogP contribution in [0.25, 0.3) is 11.3 Å². The van der Waals surface area contributed by atoms with Crippen molar-refractivity contribution in [2.24, 2.45) is 0 Å². The molecule has 1 aliphatic heterocycles. The Kier molecular flexibility index (Phi) is 4.24. The number of H-pyrrole nitrogens is 1. The first kappa shape index (κ1) is 17.2. The van der Waals surface area contributed by atoms with E-state index in [1.54, 1.807) is 18.6 Å². The molecule has 2 N–H and O–H groups in total. The minimum Gasteiger partial charge on any atom is -0.486 e. The van der Waals surface area contributed by atoms with Crippen LogP contribution in [0.5, 0.6) is 5.75 Å². The van der Waals surface area contributed by atoms with Gasteiger partial charge >= 0.3 is 0 Å². The van der Waals surface area contributed by atoms with Gasteiger partial charge in [0.05, 0.1) is 23.5 Å². The summed E-state index contributed by atoms with van der Waals surface area (Å²) in [5.74, 6) is 1.01. The molecule has 1 aliphatic carbocycles. The molecule has 1 aromatic carbocycles. The molecule has 142 valence electrons. The second kappa shape index (κ2) is 6.91. The predicted octanol–water partition coefficient (Wildman–Crippen LogP) is 3.13. The Balaban J connectivity index is 1.25. The molecule has 3 aromatic rings. The summed E-state index contributed by atoms with van der Waals surface area (Å²) in [5.41, 5.74) is 4.12. The largest absolute Gasteiger partial charge is 0.486 e. The maximum absolute atomic E-state index is 12.3. The molecule has 2 aliphatic rings. The molecule has 1 fully saturated rings. The number of hydrogen-bond donors (Lipinski definition) is 2. The van der Waals surface area contributed by atoms with Gasteiger partial charge in [-0.15, -0.1) is 0 Å². The molecular weight excluding hydrogens is 378 g/mol. The minimum atomic E-state index is -0.200. The van der Waals surface area contributed by atoms with Crippen LogP contribution in [0.2, 0.25) is 5.02 Å². The predicted molar refractivity (Wildman–Crippen MR) is 103 cm³/mol. The molecule has 1 amide bonds. The third-order valence-corrected chi connectivity index (χ3v) is 5.33. The molecule has 3 heterocycles. The molecule has 8 heteroatoms. The number of halogens is 1. The number of aromatic nitrogens is 4. The first-order valence-corrected chi connectivity index (χ1v) is 9.64. The number of benzene rings is 1. The molecule has 1 atom stereocenters. The van der Waals surface area contributed by atoms with Crippen molar-refractivity contribution in [2.45, 2.75) is 31.3 Å². The number of amides is 1. The molecule has 0 unspecified atom stereocenters. The van der Waals surface area contributed by atoms with E-state index in [0.717, 1.165) is 35.4 Å². The summed E-state index contributed by atoms with van der Waals surface area (Å²) in [7, 11) is 0. The smallest absolute Gasteiger partial charge is 0.271 e. The van der Waals surface area contributed by atoms with Gasteiger partial charge in [-0.2, -0.15) is 5.10 Å². The van der Waals surface area contributed by atoms with E-state index in [-0.39, 0.29) is 12.0 Å². The Hall–Kier alpha value is -2.93. The molecular formula is C20H18ClN5O2. The van der Waals surface area contributed by atoms with Gasteiger partial charge in [-0.05, 0) is 31.0 Å². The zero-order valence-corrected chi connectivity index (χ0v) is 15.7. The lowest BCUT2D eigenvalue weighted by Gasteiger charge is -2.11. The fraction of sp³-hybridized carbons (Fsp3) is 0.300. The van der Waals surface area contributed by atoms with Crippen molar-refractivity contribution >= 4 is 17.5 Å². The van der Waals surface area contributed by atoms with Crippen LogP contribution in [-0.4, -0.2) is 38.7 Å². The van der Waals surface area contributed by atoms with Gasteiger partial charge in [0.2, 0.25) is 0 Å². The van der Waals surface area contributed by atoms with E-state index in [9.17, 15) is 4.79 Å². The van der Waals surface area contributed by atoms with Crippen molar-refractivity contribution in [3.05, 3.63) is 58.8 Å². The average molecular weight is 396 g/mol. The second-order valence-electron chi connectivity index (χ2n) is 7.17. The topological polar surface area (TPSA) is 92.8 Å². The maximum Gasteiger partial charge on any atom is 0.271 e. The summed E-state index contributed by atoms with van der Waals surface area (Å²) in [6, 6.07) is 5.68. The number of aromatic amines is 1. The first-order valence-electron chi connectivity index (χ1n) is 9.26. The molecule has 1 saturated carbocycles. The van der Waals surface area contributed by atoms with Gasteiger partial charge in [0.1, 0.15) is 17.5 Å². The van der Waals surface area contributed by atoms with E-state index in [0.29, 0.717) is 35.3 Å². The fourth-order valence-electron chi connectivity index (χ4n) is 3.45. The van der Waals surface area contributed by atoms with Crippen LogP contribution >= 0.6 is 11.6 Å². The highest BCUT2D eigenvalue weighted by Crippen LogP contribution is 2.40. The number of nitrogens with one attached hydrogen (secondary N) is 2. The second-order valence-corrected chi connectivity index (χ2v) is 7.58. The highest BCUT2D eigenvalue weighted by atomic mass is 35.5. The molecule has 2 aromatic heterocycles. The Morgan fingerprint density at radius 3 is 2.96 bits per heavy atom. The fourth-order valence-corrected chi connectivity index (χ4v) is 3.73. The van der Waals surface area contributed by atoms with Gasteiger partial charge in [-0.1, -0.05) is 11.6 Å². The quantitative estimate of drug-likeness (QED) is 0.692. The lowest BCUT2D eigenvalue weighted by molar-refractivity contribution is 0.0928. The summed E-state index contributed by atoms with van der Waals surface area (Å²) >= 11 is 6.41. The van der Waals surface area contributed by atoms with Gasteiger partial charge in [0, 0.05) is 41.6 Å². The third kappa shape index (κ3) is 3.33. The maximum atomic E-state index is 12.3. The SMILES string of the molecule is O=C(NC[C@@H]1Cc2cc(-c3cnccn3)cc(Cl)c2O1)c1cc(C2CC2)[nH]n1. The molecule has 0 spiro atoms. The lowest BCUT2D eigenvalue weighted by Crippen LogP contribution is -2.34. The van der Waals surface area contributed by atoms with Crippen molar-refractivity contribution in [1.82, 2.24) is 25.5 Å². The van der Waals surface area contributed by atoms with Crippen molar-refractivity contribution in [3.63, 3.8) is 0 Å². The Bertz CT molecular complexity index is 1030. The molecule has 5 rings (SSSR count). The average Bonchev–Trinajstić information content (AvgIpc) is 3.28. The van der Waals surface area contributed by atoms with Crippen LogP contribution in [0.4, 0.5) is 0 Å². The zero-order valence-electron chi connectivity index (χ0n) is 15.0. The summed E-state index contributed by atoms with van der Waals surface area (Å²) < 4.78 is 5.96. The normalized spacial score (nSPS) is 17.8. The molecule has 0 radical (unpaired) electrons. The van der Waals surface area contributed by atoms with Crippen LogP contribution in [0.1, 0.15) is 40.5 Å². The van der Waals surface area contributed by atoms with Gasteiger partial charge in [0.25, 0.3) is 5.91 Å². The van der Waals surface area contributed by atoms with E-state index >= 15 is 0 Å². The third-order valence-electron chi connectivity index (χ3n) is 5.05. The number of carbonyl (C=O) groups excluding carboxylic acids is 1. The van der Waals surface area contributed by atoms with E-state index < -0.39 is 0 Å². The van der Waals surface area contributed by atoms with Gasteiger partial charge in [-0.3, -0.25) is 19.9 Å². The number of ether oxygens (including phenoxy) is 1. The molecule has 0 saturated heterocycles. The van der Waals surface area contributed by atoms with Gasteiger partial charge in [-0.25, -0.2) is 0 Å². The number of nitrogens with zero attached hydrogens (tertiary/aromatic N) is 3. The van der Waals surface area contributed by atoms with Crippen molar-refractivity contribution in [2.75, 3.05) is 6.54 Å². The Labute approximate surface area is 166 Å². The van der Waals surface area contributed by atoms with Crippen LogP contribution in [0.15, 0.2) is 36.8 Å². The van der Waals surface area contributed by atoms with E-state index in [2.05, 4.69) is 25.5 Å². The highest BCUT2D eigenvalue weighted by molar-refractivity contribution is 6.32. The Morgan fingerprint density at radius 2 is 2.18 bits per heavy atom. The van der Waals surface area contributed by atoms with Crippen molar-refractivity contribution < 1.29 is 9.53 Å². The molecule has 7 nitrogen and oxygen atoms in total. The number of hydrogen-bond acceptors (Lipinski definition) is 5. The van der Waals surface area contributed by atoms with E-state index in [4.69, 9.17) is 16.3 Å². The van der Waals surface area contributed by atoms with E-state index in [1.807, 2.05) is 18.2 Å². The number of fused-ring (bicyclic) bond motifs is 1. The van der Waals surface area contributed by atoms with Crippen LogP contribution in [0, 0.1) is 0 Å². The van der Waals surface area contributed by atoms with Gasteiger partial charge in [0.15, 0.2) is 0 Å². The zero-order chi connectivity index (χ0) is 19.1. The summed E-state index contributed by atoms with van der Waals surface area (Å²) in [6.07, 6.45) is 7.80. The summed E-state index contributed by atoms with van der Waals surface area (Å²) in [6.45, 7) is 0.385. The standard InChI is InChI=1S/C20H18ClN5O2/c21-15-7-12(18-10-22-3-4-23-18)5-13-6-14(28-19(13)15)9-24-20(27)17-8-16(25-26-17)11-1-2-11/h3-5,7-8,10-11,14H,1-2,6,9H2,(H,24,27)(H,25,26)/t14-/m0/s1. The van der Waals surface area contributed by atoms with E-state index in [1.165, 1.54) is 0 Å². The van der Waals surface area contributed by atoms with Crippen molar-refractivity contribution in [3.8, 4) is 17.0 Å².